The number of carbonyl (C=O) groups excluding carboxylic acids is 1. The van der Waals surface area contributed by atoms with Crippen molar-refractivity contribution in [2.75, 3.05) is 5.32 Å². The van der Waals surface area contributed by atoms with Gasteiger partial charge in [0.05, 0.1) is 5.56 Å². The van der Waals surface area contributed by atoms with E-state index in [0.29, 0.717) is 21.5 Å². The molecule has 0 bridgehead atoms. The molecule has 0 aliphatic heterocycles. The second-order valence-electron chi connectivity index (χ2n) is 5.08. The molecule has 1 amide bonds. The normalized spacial score (nSPS) is 10.7. The summed E-state index contributed by atoms with van der Waals surface area (Å²) in [4.78, 5) is 13.4. The van der Waals surface area contributed by atoms with Gasteiger partial charge < -0.3 is 5.32 Å². The van der Waals surface area contributed by atoms with Crippen LogP contribution in [0.4, 0.5) is 5.69 Å². The lowest BCUT2D eigenvalue weighted by molar-refractivity contribution is 0.102. The summed E-state index contributed by atoms with van der Waals surface area (Å²) in [5, 5.41) is 3.98. The Bertz CT molecular complexity index is 655. The van der Waals surface area contributed by atoms with Crippen molar-refractivity contribution in [1.82, 2.24) is 0 Å². The summed E-state index contributed by atoms with van der Waals surface area (Å²) in [6.07, 6.45) is 0. The van der Waals surface area contributed by atoms with Crippen molar-refractivity contribution >= 4 is 35.0 Å². The molecule has 0 unspecified atom stereocenters. The monoisotopic (exact) mass is 319 g/mol. The Morgan fingerprint density at radius 2 is 1.90 bits per heavy atom. The molecule has 0 aromatic heterocycles. The van der Waals surface area contributed by atoms with Gasteiger partial charge in [0.1, 0.15) is 0 Å². The van der Waals surface area contributed by atoms with E-state index in [-0.39, 0.29) is 5.91 Å². The minimum atomic E-state index is -0.112. The summed E-state index contributed by atoms with van der Waals surface area (Å²) in [6, 6.07) is 13.2. The Morgan fingerprint density at radius 1 is 1.19 bits per heavy atom. The molecule has 110 valence electrons. The van der Waals surface area contributed by atoms with Crippen molar-refractivity contribution in [3.05, 3.63) is 58.6 Å². The standard InChI is InChI=1S/C17H18ClNOS/c1-11(2)21-16-7-5-4-6-14(16)17(20)19-13-9-8-12(3)15(18)10-13/h4-11H,1-3H3,(H,19,20). The number of nitrogens with one attached hydrogen (secondary N) is 1. The summed E-state index contributed by atoms with van der Waals surface area (Å²) < 4.78 is 0. The van der Waals surface area contributed by atoms with Gasteiger partial charge in [-0.05, 0) is 36.8 Å². The first-order valence-electron chi connectivity index (χ1n) is 6.80. The van der Waals surface area contributed by atoms with Crippen LogP contribution in [0.5, 0.6) is 0 Å². The predicted molar refractivity (Wildman–Crippen MR) is 91.6 cm³/mol. The van der Waals surface area contributed by atoms with E-state index in [1.165, 1.54) is 0 Å². The smallest absolute Gasteiger partial charge is 0.256 e. The van der Waals surface area contributed by atoms with Crippen LogP contribution in [0.25, 0.3) is 0 Å². The van der Waals surface area contributed by atoms with E-state index < -0.39 is 0 Å². The summed E-state index contributed by atoms with van der Waals surface area (Å²) in [6.45, 7) is 6.15. The third-order valence-electron chi connectivity index (χ3n) is 2.92. The molecule has 2 aromatic rings. The van der Waals surface area contributed by atoms with Gasteiger partial charge in [-0.3, -0.25) is 4.79 Å². The van der Waals surface area contributed by atoms with Crippen LogP contribution < -0.4 is 5.32 Å². The van der Waals surface area contributed by atoms with Gasteiger partial charge in [-0.15, -0.1) is 11.8 Å². The molecule has 2 nitrogen and oxygen atoms in total. The molecule has 0 atom stereocenters. The number of hydrogen-bond acceptors (Lipinski definition) is 2. The molecular formula is C17H18ClNOS. The SMILES string of the molecule is Cc1ccc(NC(=O)c2ccccc2SC(C)C)cc1Cl. The molecule has 0 saturated heterocycles. The Labute approximate surface area is 134 Å². The van der Waals surface area contributed by atoms with Gasteiger partial charge in [0.15, 0.2) is 0 Å². The number of amides is 1. The van der Waals surface area contributed by atoms with Crippen molar-refractivity contribution < 1.29 is 4.79 Å². The average molecular weight is 320 g/mol. The second kappa shape index (κ2) is 7.01. The minimum absolute atomic E-state index is 0.112. The van der Waals surface area contributed by atoms with Crippen LogP contribution in [0, 0.1) is 6.92 Å². The number of hydrogen-bond donors (Lipinski definition) is 1. The topological polar surface area (TPSA) is 29.1 Å². The van der Waals surface area contributed by atoms with Crippen molar-refractivity contribution in [1.29, 1.82) is 0 Å². The Hall–Kier alpha value is -1.45. The first-order valence-corrected chi connectivity index (χ1v) is 8.06. The fraction of sp³-hybridized carbons (Fsp3) is 0.235. The molecule has 2 aromatic carbocycles. The summed E-state index contributed by atoms with van der Waals surface area (Å²) in [5.74, 6) is -0.112. The second-order valence-corrected chi connectivity index (χ2v) is 7.11. The lowest BCUT2D eigenvalue weighted by atomic mass is 10.2. The Kier molecular flexibility index (Phi) is 5.32. The molecule has 0 radical (unpaired) electrons. The maximum absolute atomic E-state index is 12.4. The van der Waals surface area contributed by atoms with Gasteiger partial charge in [0.25, 0.3) is 5.91 Å². The highest BCUT2D eigenvalue weighted by molar-refractivity contribution is 8.00. The van der Waals surface area contributed by atoms with Crippen molar-refractivity contribution in [2.45, 2.75) is 30.9 Å². The summed E-state index contributed by atoms with van der Waals surface area (Å²) in [7, 11) is 0. The fourth-order valence-electron chi connectivity index (χ4n) is 1.88. The Balaban J connectivity index is 2.22. The lowest BCUT2D eigenvalue weighted by Gasteiger charge is -2.12. The highest BCUT2D eigenvalue weighted by Crippen LogP contribution is 2.27. The van der Waals surface area contributed by atoms with E-state index in [1.54, 1.807) is 17.8 Å². The summed E-state index contributed by atoms with van der Waals surface area (Å²) >= 11 is 7.77. The van der Waals surface area contributed by atoms with Crippen LogP contribution in [0.1, 0.15) is 29.8 Å². The van der Waals surface area contributed by atoms with E-state index >= 15 is 0 Å². The third-order valence-corrected chi connectivity index (χ3v) is 4.41. The highest BCUT2D eigenvalue weighted by Gasteiger charge is 2.13. The van der Waals surface area contributed by atoms with Crippen LogP contribution in [-0.2, 0) is 0 Å². The van der Waals surface area contributed by atoms with Gasteiger partial charge in [0, 0.05) is 20.9 Å². The van der Waals surface area contributed by atoms with Crippen LogP contribution in [0.15, 0.2) is 47.4 Å². The molecule has 0 aliphatic rings. The molecule has 0 spiro atoms. The molecule has 21 heavy (non-hydrogen) atoms. The molecule has 2 rings (SSSR count). The zero-order valence-corrected chi connectivity index (χ0v) is 13.9. The molecule has 0 fully saturated rings. The number of thioether (sulfide) groups is 1. The van der Waals surface area contributed by atoms with Gasteiger partial charge in [-0.25, -0.2) is 0 Å². The number of halogens is 1. The number of anilines is 1. The number of benzene rings is 2. The van der Waals surface area contributed by atoms with Gasteiger partial charge in [-0.2, -0.15) is 0 Å². The maximum atomic E-state index is 12.4. The first-order chi connectivity index (χ1) is 9.97. The van der Waals surface area contributed by atoms with Crippen LogP contribution >= 0.6 is 23.4 Å². The third kappa shape index (κ3) is 4.26. The van der Waals surface area contributed by atoms with Crippen molar-refractivity contribution in [2.24, 2.45) is 0 Å². The van der Waals surface area contributed by atoms with Gasteiger partial charge >= 0.3 is 0 Å². The largest absolute Gasteiger partial charge is 0.322 e. The van der Waals surface area contributed by atoms with E-state index in [4.69, 9.17) is 11.6 Å². The fourth-order valence-corrected chi connectivity index (χ4v) is 3.01. The maximum Gasteiger partial charge on any atom is 0.256 e. The zero-order valence-electron chi connectivity index (χ0n) is 12.3. The quantitative estimate of drug-likeness (QED) is 0.764. The number of rotatable bonds is 4. The van der Waals surface area contributed by atoms with E-state index in [1.807, 2.05) is 43.3 Å². The van der Waals surface area contributed by atoms with Crippen molar-refractivity contribution in [3.8, 4) is 0 Å². The summed E-state index contributed by atoms with van der Waals surface area (Å²) in [5.41, 5.74) is 2.39. The van der Waals surface area contributed by atoms with Gasteiger partial charge in [0.2, 0.25) is 0 Å². The number of aryl methyl sites for hydroxylation is 1. The molecule has 0 saturated carbocycles. The van der Waals surface area contributed by atoms with Crippen LogP contribution in [-0.4, -0.2) is 11.2 Å². The van der Waals surface area contributed by atoms with E-state index in [0.717, 1.165) is 10.5 Å². The first kappa shape index (κ1) is 15.9. The number of carbonyl (C=O) groups is 1. The van der Waals surface area contributed by atoms with Gasteiger partial charge in [-0.1, -0.05) is 43.6 Å². The molecule has 4 heteroatoms. The van der Waals surface area contributed by atoms with Crippen LogP contribution in [0.3, 0.4) is 0 Å². The molecule has 0 aliphatic carbocycles. The van der Waals surface area contributed by atoms with E-state index in [2.05, 4.69) is 19.2 Å². The lowest BCUT2D eigenvalue weighted by Crippen LogP contribution is -2.13. The molecule has 0 heterocycles. The zero-order chi connectivity index (χ0) is 15.4. The van der Waals surface area contributed by atoms with E-state index in [9.17, 15) is 4.79 Å². The Morgan fingerprint density at radius 3 is 2.57 bits per heavy atom. The highest BCUT2D eigenvalue weighted by atomic mass is 35.5. The molecule has 1 N–H and O–H groups in total. The minimum Gasteiger partial charge on any atom is -0.322 e. The van der Waals surface area contributed by atoms with Crippen molar-refractivity contribution in [3.63, 3.8) is 0 Å². The van der Waals surface area contributed by atoms with Crippen LogP contribution in [0.2, 0.25) is 5.02 Å². The molecular weight excluding hydrogens is 302 g/mol. The predicted octanol–water partition coefficient (Wildman–Crippen LogP) is 5.40. The average Bonchev–Trinajstić information content (AvgIpc) is 2.43.